The lowest BCUT2D eigenvalue weighted by Gasteiger charge is -2.37. The molecule has 1 aliphatic rings. The fourth-order valence-corrected chi connectivity index (χ4v) is 6.92. The average Bonchev–Trinajstić information content (AvgIpc) is 3.42. The molecule has 0 N–H and O–H groups in total. The minimum atomic E-state index is -3.91. The monoisotopic (exact) mass is 655 g/mol. The van der Waals surface area contributed by atoms with Gasteiger partial charge >= 0.3 is 16.2 Å². The van der Waals surface area contributed by atoms with E-state index >= 15 is 0 Å². The molecule has 0 atom stereocenters. The molecule has 1 saturated heterocycles. The summed E-state index contributed by atoms with van der Waals surface area (Å²) in [4.78, 5) is 21.1. The molecule has 3 heterocycles. The first kappa shape index (κ1) is 32.4. The third-order valence-electron chi connectivity index (χ3n) is 7.08. The summed E-state index contributed by atoms with van der Waals surface area (Å²) in [6.45, 7) is 6.75. The number of benzene rings is 2. The Morgan fingerprint density at radius 1 is 1.07 bits per heavy atom. The van der Waals surface area contributed by atoms with Crippen LogP contribution in [0, 0.1) is 0 Å². The molecular weight excluding hydrogens is 619 g/mol. The number of amides is 1. The Kier molecular flexibility index (Phi) is 9.75. The number of fused-ring (bicyclic) bond motifs is 1. The van der Waals surface area contributed by atoms with Gasteiger partial charge in [-0.25, -0.2) is 4.79 Å². The summed E-state index contributed by atoms with van der Waals surface area (Å²) in [7, 11) is -0.418. The van der Waals surface area contributed by atoms with Crippen LogP contribution in [0.15, 0.2) is 54.6 Å². The molecule has 1 amide bonds. The number of rotatable bonds is 10. The van der Waals surface area contributed by atoms with Crippen molar-refractivity contribution in [2.24, 2.45) is 0 Å². The summed E-state index contributed by atoms with van der Waals surface area (Å²) in [6, 6.07) is 15.6. The highest BCUT2D eigenvalue weighted by molar-refractivity contribution is 7.86. The SMILES string of the molecule is COCOc1cc(OS(=O)(=O)Cc2ccccc2)ccc1-c1cc2sc(N(C)C3CCN(C(=O)OC(C)(C)C)CC3)nc2nn1. The topological polar surface area (TPSA) is 133 Å². The summed E-state index contributed by atoms with van der Waals surface area (Å²) >= 11 is 1.50. The summed E-state index contributed by atoms with van der Waals surface area (Å²) in [5.41, 5.74) is 1.72. The number of anilines is 1. The molecule has 0 saturated carbocycles. The molecule has 45 heavy (non-hydrogen) atoms. The molecule has 12 nitrogen and oxygen atoms in total. The second-order valence-corrected chi connectivity index (χ2v) is 14.3. The zero-order chi connectivity index (χ0) is 32.2. The number of carbonyl (C=O) groups excluding carboxylic acids is 1. The molecule has 0 bridgehead atoms. The van der Waals surface area contributed by atoms with Gasteiger partial charge in [0.15, 0.2) is 17.6 Å². The van der Waals surface area contributed by atoms with Gasteiger partial charge in [-0.2, -0.15) is 13.4 Å². The van der Waals surface area contributed by atoms with Crippen molar-refractivity contribution in [3.05, 3.63) is 60.2 Å². The van der Waals surface area contributed by atoms with E-state index in [0.717, 1.165) is 22.7 Å². The van der Waals surface area contributed by atoms with Crippen molar-refractivity contribution in [3.8, 4) is 22.8 Å². The van der Waals surface area contributed by atoms with Gasteiger partial charge in [-0.3, -0.25) is 0 Å². The van der Waals surface area contributed by atoms with Crippen molar-refractivity contribution in [2.75, 3.05) is 38.9 Å². The van der Waals surface area contributed by atoms with Gasteiger partial charge < -0.3 is 28.2 Å². The number of methoxy groups -OCH3 is 1. The lowest BCUT2D eigenvalue weighted by Crippen LogP contribution is -2.47. The Labute approximate surface area is 267 Å². The number of carbonyl (C=O) groups is 1. The molecule has 2 aromatic carbocycles. The summed E-state index contributed by atoms with van der Waals surface area (Å²) in [5.74, 6) is 0.169. The van der Waals surface area contributed by atoms with E-state index in [1.54, 1.807) is 41.3 Å². The van der Waals surface area contributed by atoms with E-state index in [0.29, 0.717) is 41.3 Å². The molecule has 0 unspecified atom stereocenters. The van der Waals surface area contributed by atoms with Gasteiger partial charge in [-0.15, -0.1) is 10.2 Å². The van der Waals surface area contributed by atoms with Crippen LogP contribution in [-0.2, 0) is 25.3 Å². The lowest BCUT2D eigenvalue weighted by molar-refractivity contribution is 0.0205. The van der Waals surface area contributed by atoms with Gasteiger partial charge in [0.05, 0.1) is 10.4 Å². The van der Waals surface area contributed by atoms with E-state index in [1.807, 2.05) is 40.0 Å². The fourth-order valence-electron chi connectivity index (χ4n) is 4.90. The van der Waals surface area contributed by atoms with Crippen molar-refractivity contribution in [1.29, 1.82) is 0 Å². The quantitative estimate of drug-likeness (QED) is 0.159. The van der Waals surface area contributed by atoms with E-state index in [2.05, 4.69) is 15.1 Å². The van der Waals surface area contributed by atoms with Crippen LogP contribution >= 0.6 is 11.3 Å². The highest BCUT2D eigenvalue weighted by Gasteiger charge is 2.29. The minimum absolute atomic E-state index is 0.0643. The average molecular weight is 656 g/mol. The highest BCUT2D eigenvalue weighted by atomic mass is 32.2. The predicted octanol–water partition coefficient (Wildman–Crippen LogP) is 5.48. The van der Waals surface area contributed by atoms with Crippen LogP contribution in [0.5, 0.6) is 11.5 Å². The predicted molar refractivity (Wildman–Crippen MR) is 172 cm³/mol. The number of nitrogens with zero attached hydrogens (tertiary/aromatic N) is 5. The Morgan fingerprint density at radius 3 is 2.49 bits per heavy atom. The van der Waals surface area contributed by atoms with Crippen molar-refractivity contribution >= 4 is 43.0 Å². The first-order chi connectivity index (χ1) is 21.4. The van der Waals surface area contributed by atoms with E-state index < -0.39 is 15.7 Å². The lowest BCUT2D eigenvalue weighted by atomic mass is 10.0. The van der Waals surface area contributed by atoms with Crippen LogP contribution in [-0.4, -0.2) is 80.3 Å². The van der Waals surface area contributed by atoms with Crippen LogP contribution in [0.1, 0.15) is 39.2 Å². The summed E-state index contributed by atoms with van der Waals surface area (Å²) in [5, 5.41) is 9.55. The van der Waals surface area contributed by atoms with Crippen LogP contribution in [0.2, 0.25) is 0 Å². The number of piperidine rings is 1. The Balaban J connectivity index is 1.31. The number of aromatic nitrogens is 3. The molecule has 0 radical (unpaired) electrons. The van der Waals surface area contributed by atoms with Gasteiger partial charge in [0.25, 0.3) is 0 Å². The third-order valence-corrected chi connectivity index (χ3v) is 9.30. The molecule has 2 aromatic heterocycles. The minimum Gasteiger partial charge on any atom is -0.467 e. The van der Waals surface area contributed by atoms with Crippen LogP contribution in [0.3, 0.4) is 0 Å². The molecule has 5 rings (SSSR count). The standard InChI is InChI=1S/C31H37N5O7S2/c1-31(2,3)42-30(37)36-15-13-22(14-16-36)35(4)29-32-28-27(44-29)18-25(33-34-28)24-12-11-23(17-26(24)41-20-40-5)43-45(38,39)19-21-9-7-6-8-10-21/h6-12,17-18,22H,13-16,19-20H2,1-5H3. The highest BCUT2D eigenvalue weighted by Crippen LogP contribution is 2.36. The van der Waals surface area contributed by atoms with Crippen molar-refractivity contribution in [2.45, 2.75) is 51.0 Å². The zero-order valence-electron chi connectivity index (χ0n) is 25.9. The Morgan fingerprint density at radius 2 is 1.80 bits per heavy atom. The number of hydrogen-bond acceptors (Lipinski definition) is 12. The molecule has 14 heteroatoms. The second-order valence-electron chi connectivity index (χ2n) is 11.7. The first-order valence-electron chi connectivity index (χ1n) is 14.5. The smallest absolute Gasteiger partial charge is 0.410 e. The maximum Gasteiger partial charge on any atom is 0.410 e. The van der Waals surface area contributed by atoms with E-state index in [4.69, 9.17) is 23.4 Å². The van der Waals surface area contributed by atoms with Gasteiger partial charge in [0.2, 0.25) is 0 Å². The Hall–Kier alpha value is -4.01. The van der Waals surface area contributed by atoms with E-state index in [1.165, 1.54) is 24.5 Å². The van der Waals surface area contributed by atoms with Gasteiger partial charge in [-0.05, 0) is 57.4 Å². The third kappa shape index (κ3) is 8.38. The summed E-state index contributed by atoms with van der Waals surface area (Å²) < 4.78 is 48.1. The molecule has 0 aliphatic carbocycles. The van der Waals surface area contributed by atoms with Gasteiger partial charge in [0, 0.05) is 44.9 Å². The number of thiazole rings is 1. The number of ether oxygens (including phenoxy) is 3. The Bertz CT molecular complexity index is 1730. The molecule has 4 aromatic rings. The van der Waals surface area contributed by atoms with Crippen molar-refractivity contribution in [1.82, 2.24) is 20.1 Å². The molecule has 1 aliphatic heterocycles. The first-order valence-corrected chi connectivity index (χ1v) is 16.9. The van der Waals surface area contributed by atoms with Crippen LogP contribution in [0.25, 0.3) is 21.6 Å². The van der Waals surface area contributed by atoms with Crippen molar-refractivity contribution < 1.29 is 31.6 Å². The molecular formula is C31H37N5O7S2. The molecule has 1 fully saturated rings. The van der Waals surface area contributed by atoms with Crippen molar-refractivity contribution in [3.63, 3.8) is 0 Å². The normalized spacial score (nSPS) is 14.4. The van der Waals surface area contributed by atoms with E-state index in [9.17, 15) is 13.2 Å². The largest absolute Gasteiger partial charge is 0.467 e. The number of likely N-dealkylation sites (tertiary alicyclic amines) is 1. The van der Waals surface area contributed by atoms with Crippen LogP contribution in [0.4, 0.5) is 9.93 Å². The van der Waals surface area contributed by atoms with Gasteiger partial charge in [0.1, 0.15) is 22.9 Å². The zero-order valence-corrected chi connectivity index (χ0v) is 27.6. The van der Waals surface area contributed by atoms with Gasteiger partial charge in [-0.1, -0.05) is 41.7 Å². The summed E-state index contributed by atoms with van der Waals surface area (Å²) in [6.07, 6.45) is 1.30. The molecule has 240 valence electrons. The molecule has 0 spiro atoms. The second kappa shape index (κ2) is 13.5. The van der Waals surface area contributed by atoms with Crippen LogP contribution < -0.4 is 13.8 Å². The maximum atomic E-state index is 12.7. The van der Waals surface area contributed by atoms with E-state index in [-0.39, 0.29) is 30.4 Å². The maximum absolute atomic E-state index is 12.7. The fraction of sp³-hybridized carbons (Fsp3) is 0.419. The number of hydrogen-bond donors (Lipinski definition) is 0.